The quantitative estimate of drug-likeness (QED) is 0.793. The molecule has 0 aliphatic heterocycles. The molecule has 3 rings (SSSR count). The largest absolute Gasteiger partial charge is 0.390 e. The maximum absolute atomic E-state index is 10.9. The molecule has 2 aliphatic rings. The summed E-state index contributed by atoms with van der Waals surface area (Å²) in [6.45, 7) is 0. The Hall–Kier alpha value is -0.820. The summed E-state index contributed by atoms with van der Waals surface area (Å²) in [5.41, 5.74) is 1.09. The first-order valence-electron chi connectivity index (χ1n) is 8.50. The molecule has 0 bridgehead atoms. The molecule has 0 radical (unpaired) electrons. The Morgan fingerprint density at radius 3 is 2.40 bits per heavy atom. The van der Waals surface area contributed by atoms with Crippen LogP contribution in [0.2, 0.25) is 0 Å². The number of benzene rings is 1. The van der Waals surface area contributed by atoms with E-state index in [9.17, 15) is 5.11 Å². The van der Waals surface area contributed by atoms with Gasteiger partial charge in [-0.25, -0.2) is 0 Å². The topological polar surface area (TPSA) is 20.2 Å². The predicted molar refractivity (Wildman–Crippen MR) is 83.6 cm³/mol. The van der Waals surface area contributed by atoms with Crippen LogP contribution in [0.5, 0.6) is 0 Å². The van der Waals surface area contributed by atoms with Gasteiger partial charge in [0.2, 0.25) is 0 Å². The highest BCUT2D eigenvalue weighted by Crippen LogP contribution is 2.41. The first kappa shape index (κ1) is 14.1. The van der Waals surface area contributed by atoms with Crippen LogP contribution >= 0.6 is 0 Å². The third kappa shape index (κ3) is 4.09. The first-order chi connectivity index (χ1) is 9.73. The summed E-state index contributed by atoms with van der Waals surface area (Å²) in [7, 11) is 0. The lowest BCUT2D eigenvalue weighted by Gasteiger charge is -2.35. The Morgan fingerprint density at radius 1 is 1.05 bits per heavy atom. The Morgan fingerprint density at radius 2 is 1.75 bits per heavy atom. The molecule has 1 aromatic carbocycles. The smallest absolute Gasteiger partial charge is 0.0650 e. The van der Waals surface area contributed by atoms with Crippen molar-refractivity contribution in [3.8, 4) is 0 Å². The molecule has 2 fully saturated rings. The number of rotatable bonds is 6. The molecular weight excluding hydrogens is 244 g/mol. The summed E-state index contributed by atoms with van der Waals surface area (Å²) >= 11 is 0. The Labute approximate surface area is 123 Å². The second-order valence-corrected chi connectivity index (χ2v) is 7.22. The molecule has 2 aliphatic carbocycles. The van der Waals surface area contributed by atoms with Gasteiger partial charge in [0.25, 0.3) is 0 Å². The highest BCUT2D eigenvalue weighted by atomic mass is 16.3. The third-order valence-corrected chi connectivity index (χ3v) is 5.18. The van der Waals surface area contributed by atoms with Crippen LogP contribution < -0.4 is 0 Å². The minimum atomic E-state index is -0.355. The predicted octanol–water partition coefficient (Wildman–Crippen LogP) is 4.73. The van der Waals surface area contributed by atoms with Crippen LogP contribution in [0.4, 0.5) is 0 Å². The zero-order valence-corrected chi connectivity index (χ0v) is 12.6. The van der Waals surface area contributed by atoms with E-state index in [0.717, 1.165) is 31.6 Å². The minimum Gasteiger partial charge on any atom is -0.390 e. The van der Waals surface area contributed by atoms with Gasteiger partial charge < -0.3 is 5.11 Å². The molecule has 1 N–H and O–H groups in total. The van der Waals surface area contributed by atoms with E-state index >= 15 is 0 Å². The summed E-state index contributed by atoms with van der Waals surface area (Å²) in [6.07, 6.45) is 12.2. The molecule has 0 amide bonds. The van der Waals surface area contributed by atoms with Crippen molar-refractivity contribution in [2.45, 2.75) is 69.8 Å². The standard InChI is InChI=1S/C19H28O/c20-19(11-5-2-6-12-19)15-18(14-17-9-10-17)13-16-7-3-1-4-8-16/h1,3-4,7-8,17-18,20H,2,5-6,9-15H2. The molecule has 110 valence electrons. The summed E-state index contributed by atoms with van der Waals surface area (Å²) < 4.78 is 0. The molecule has 0 aromatic heterocycles. The molecule has 20 heavy (non-hydrogen) atoms. The second kappa shape index (κ2) is 6.30. The zero-order chi connectivity index (χ0) is 13.8. The van der Waals surface area contributed by atoms with Gasteiger partial charge in [-0.05, 0) is 49.5 Å². The molecule has 0 heterocycles. The molecule has 1 atom stereocenters. The summed E-state index contributed by atoms with van der Waals surface area (Å²) in [4.78, 5) is 0. The van der Waals surface area contributed by atoms with Crippen molar-refractivity contribution < 1.29 is 5.11 Å². The monoisotopic (exact) mass is 272 g/mol. The highest BCUT2D eigenvalue weighted by Gasteiger charge is 2.34. The number of hydrogen-bond donors (Lipinski definition) is 1. The lowest BCUT2D eigenvalue weighted by Crippen LogP contribution is -2.34. The van der Waals surface area contributed by atoms with Gasteiger partial charge in [0.15, 0.2) is 0 Å². The van der Waals surface area contributed by atoms with Gasteiger partial charge in [-0.1, -0.05) is 62.4 Å². The van der Waals surface area contributed by atoms with Gasteiger partial charge >= 0.3 is 0 Å². The van der Waals surface area contributed by atoms with Crippen LogP contribution in [0.25, 0.3) is 0 Å². The van der Waals surface area contributed by atoms with Gasteiger partial charge in [-0.15, -0.1) is 0 Å². The normalized spacial score (nSPS) is 23.4. The fourth-order valence-electron chi connectivity index (χ4n) is 3.96. The molecule has 1 nitrogen and oxygen atoms in total. The number of aliphatic hydroxyl groups is 1. The van der Waals surface area contributed by atoms with E-state index < -0.39 is 0 Å². The van der Waals surface area contributed by atoms with Crippen molar-refractivity contribution in [3.05, 3.63) is 35.9 Å². The molecule has 0 saturated heterocycles. The third-order valence-electron chi connectivity index (χ3n) is 5.18. The molecule has 2 saturated carbocycles. The van der Waals surface area contributed by atoms with Crippen LogP contribution in [0.3, 0.4) is 0 Å². The maximum atomic E-state index is 10.9. The van der Waals surface area contributed by atoms with E-state index in [2.05, 4.69) is 30.3 Å². The van der Waals surface area contributed by atoms with Crippen LogP contribution in [-0.4, -0.2) is 10.7 Å². The molecule has 1 heteroatoms. The minimum absolute atomic E-state index is 0.355. The SMILES string of the molecule is OC1(CC(Cc2ccccc2)CC2CC2)CCCCC1. The van der Waals surface area contributed by atoms with Crippen LogP contribution in [0, 0.1) is 11.8 Å². The van der Waals surface area contributed by atoms with Crippen LogP contribution in [0.1, 0.15) is 63.4 Å². The van der Waals surface area contributed by atoms with Gasteiger partial charge in [0.1, 0.15) is 0 Å². The van der Waals surface area contributed by atoms with E-state index in [1.165, 1.54) is 44.1 Å². The van der Waals surface area contributed by atoms with Crippen molar-refractivity contribution in [2.75, 3.05) is 0 Å². The molecule has 1 unspecified atom stereocenters. The van der Waals surface area contributed by atoms with Gasteiger partial charge in [0.05, 0.1) is 5.60 Å². The van der Waals surface area contributed by atoms with Gasteiger partial charge in [-0.3, -0.25) is 0 Å². The highest BCUT2D eigenvalue weighted by molar-refractivity contribution is 5.15. The van der Waals surface area contributed by atoms with E-state index in [1.807, 2.05) is 0 Å². The lowest BCUT2D eigenvalue weighted by molar-refractivity contribution is -0.0191. The zero-order valence-electron chi connectivity index (χ0n) is 12.6. The van der Waals surface area contributed by atoms with Crippen molar-refractivity contribution >= 4 is 0 Å². The van der Waals surface area contributed by atoms with Crippen molar-refractivity contribution in [3.63, 3.8) is 0 Å². The fourth-order valence-corrected chi connectivity index (χ4v) is 3.96. The first-order valence-corrected chi connectivity index (χ1v) is 8.50. The van der Waals surface area contributed by atoms with Crippen molar-refractivity contribution in [2.24, 2.45) is 11.8 Å². The van der Waals surface area contributed by atoms with Crippen LogP contribution in [-0.2, 0) is 6.42 Å². The van der Waals surface area contributed by atoms with Crippen molar-refractivity contribution in [1.82, 2.24) is 0 Å². The van der Waals surface area contributed by atoms with E-state index in [4.69, 9.17) is 0 Å². The van der Waals surface area contributed by atoms with E-state index in [0.29, 0.717) is 5.92 Å². The second-order valence-electron chi connectivity index (χ2n) is 7.22. The molecule has 0 spiro atoms. The van der Waals surface area contributed by atoms with Crippen LogP contribution in [0.15, 0.2) is 30.3 Å². The fraction of sp³-hybridized carbons (Fsp3) is 0.684. The Kier molecular flexibility index (Phi) is 4.45. The summed E-state index contributed by atoms with van der Waals surface area (Å²) in [5, 5.41) is 10.9. The maximum Gasteiger partial charge on any atom is 0.0650 e. The Bertz CT molecular complexity index is 401. The summed E-state index contributed by atoms with van der Waals surface area (Å²) in [6, 6.07) is 10.8. The summed E-state index contributed by atoms with van der Waals surface area (Å²) in [5.74, 6) is 1.63. The van der Waals surface area contributed by atoms with E-state index in [-0.39, 0.29) is 5.60 Å². The number of hydrogen-bond acceptors (Lipinski definition) is 1. The molecular formula is C19H28O. The van der Waals surface area contributed by atoms with E-state index in [1.54, 1.807) is 0 Å². The molecule has 1 aromatic rings. The lowest BCUT2D eigenvalue weighted by atomic mass is 9.76. The van der Waals surface area contributed by atoms with Gasteiger partial charge in [-0.2, -0.15) is 0 Å². The Balaban J connectivity index is 1.62. The van der Waals surface area contributed by atoms with Gasteiger partial charge in [0, 0.05) is 0 Å². The average molecular weight is 272 g/mol. The average Bonchev–Trinajstić information content (AvgIpc) is 3.24. The van der Waals surface area contributed by atoms with Crippen molar-refractivity contribution in [1.29, 1.82) is 0 Å².